The van der Waals surface area contributed by atoms with Gasteiger partial charge in [-0.05, 0) is 24.6 Å². The van der Waals surface area contributed by atoms with Gasteiger partial charge in [-0.1, -0.05) is 17.7 Å². The lowest BCUT2D eigenvalue weighted by Crippen LogP contribution is -2.08. The van der Waals surface area contributed by atoms with Gasteiger partial charge < -0.3 is 5.73 Å². The van der Waals surface area contributed by atoms with E-state index in [0.29, 0.717) is 21.3 Å². The van der Waals surface area contributed by atoms with Crippen LogP contribution in [0.4, 0.5) is 4.39 Å². The number of hydrogen-bond donors (Lipinski definition) is 1. The molecule has 1 atom stereocenters. The summed E-state index contributed by atoms with van der Waals surface area (Å²) in [5.74, 6) is -0.715. The average Bonchev–Trinajstić information content (AvgIpc) is 2.82. The molecule has 2 rings (SSSR count). The maximum atomic E-state index is 13.6. The SMILES string of the molecule is CC(N)c1nc(C(=O)Cc2ccc(Cl)cc2F)cs1. The standard InChI is InChI=1S/C13H12ClFN2OS/c1-7(16)13-17-11(6-19-13)12(18)4-8-2-3-9(14)5-10(8)15/h2-3,5-7H,4,16H2,1H3. The number of benzene rings is 1. The van der Waals surface area contributed by atoms with Crippen LogP contribution in [0.2, 0.25) is 5.02 Å². The molecule has 0 aliphatic rings. The summed E-state index contributed by atoms with van der Waals surface area (Å²) in [5, 5.41) is 2.65. The van der Waals surface area contributed by atoms with Gasteiger partial charge in [0.05, 0.1) is 6.04 Å². The molecular formula is C13H12ClFN2OS. The van der Waals surface area contributed by atoms with Crippen molar-refractivity contribution in [1.82, 2.24) is 4.98 Å². The first kappa shape index (κ1) is 14.1. The third-order valence-electron chi connectivity index (χ3n) is 2.56. The smallest absolute Gasteiger partial charge is 0.186 e. The Kier molecular flexibility index (Phi) is 4.29. The summed E-state index contributed by atoms with van der Waals surface area (Å²) in [4.78, 5) is 16.1. The zero-order valence-corrected chi connectivity index (χ0v) is 11.8. The topological polar surface area (TPSA) is 56.0 Å². The summed E-state index contributed by atoms with van der Waals surface area (Å²) in [5.41, 5.74) is 6.32. The zero-order valence-electron chi connectivity index (χ0n) is 10.2. The van der Waals surface area contributed by atoms with Crippen molar-refractivity contribution >= 4 is 28.7 Å². The molecule has 1 unspecified atom stereocenters. The second-order valence-corrected chi connectivity index (χ2v) is 5.52. The molecule has 0 fully saturated rings. The van der Waals surface area contributed by atoms with Crippen molar-refractivity contribution in [1.29, 1.82) is 0 Å². The molecule has 2 N–H and O–H groups in total. The first-order valence-electron chi connectivity index (χ1n) is 5.65. The zero-order chi connectivity index (χ0) is 14.0. The number of nitrogens with two attached hydrogens (primary N) is 1. The van der Waals surface area contributed by atoms with Crippen molar-refractivity contribution in [3.63, 3.8) is 0 Å². The molecule has 0 amide bonds. The molecule has 0 saturated carbocycles. The molecule has 6 heteroatoms. The van der Waals surface area contributed by atoms with Gasteiger partial charge in [0.25, 0.3) is 0 Å². The quantitative estimate of drug-likeness (QED) is 0.880. The molecule has 19 heavy (non-hydrogen) atoms. The minimum atomic E-state index is -0.483. The molecule has 0 spiro atoms. The lowest BCUT2D eigenvalue weighted by molar-refractivity contribution is 0.0987. The fourth-order valence-corrected chi connectivity index (χ4v) is 2.49. The molecule has 3 nitrogen and oxygen atoms in total. The normalized spacial score (nSPS) is 12.4. The summed E-state index contributed by atoms with van der Waals surface area (Å²) in [6.07, 6.45) is -0.0366. The van der Waals surface area contributed by atoms with Gasteiger partial charge in [0, 0.05) is 16.8 Å². The van der Waals surface area contributed by atoms with E-state index in [9.17, 15) is 9.18 Å². The average molecular weight is 299 g/mol. The lowest BCUT2D eigenvalue weighted by Gasteiger charge is -2.02. The van der Waals surface area contributed by atoms with E-state index in [2.05, 4.69) is 4.98 Å². The highest BCUT2D eigenvalue weighted by Crippen LogP contribution is 2.19. The number of rotatable bonds is 4. The van der Waals surface area contributed by atoms with E-state index in [1.807, 2.05) is 0 Å². The Morgan fingerprint density at radius 2 is 2.32 bits per heavy atom. The molecule has 1 heterocycles. The maximum Gasteiger partial charge on any atom is 0.186 e. The van der Waals surface area contributed by atoms with Gasteiger partial charge in [-0.25, -0.2) is 9.37 Å². The van der Waals surface area contributed by atoms with Gasteiger partial charge in [-0.2, -0.15) is 0 Å². The van der Waals surface area contributed by atoms with Crippen molar-refractivity contribution in [2.24, 2.45) is 5.73 Å². The molecule has 100 valence electrons. The Labute approximate surface area is 119 Å². The third-order valence-corrected chi connectivity index (χ3v) is 3.84. The second kappa shape index (κ2) is 5.77. The second-order valence-electron chi connectivity index (χ2n) is 4.20. The molecule has 0 aliphatic carbocycles. The number of hydrogen-bond acceptors (Lipinski definition) is 4. The number of aromatic nitrogens is 1. The third kappa shape index (κ3) is 3.37. The summed E-state index contributed by atoms with van der Waals surface area (Å²) < 4.78 is 13.6. The van der Waals surface area contributed by atoms with E-state index in [1.54, 1.807) is 18.4 Å². The highest BCUT2D eigenvalue weighted by molar-refractivity contribution is 7.09. The van der Waals surface area contributed by atoms with E-state index in [1.165, 1.54) is 23.5 Å². The molecular weight excluding hydrogens is 287 g/mol. The first-order chi connectivity index (χ1) is 8.97. The van der Waals surface area contributed by atoms with Gasteiger partial charge in [-0.15, -0.1) is 11.3 Å². The molecule has 0 radical (unpaired) electrons. The number of carbonyl (C=O) groups is 1. The van der Waals surface area contributed by atoms with Crippen LogP contribution in [0.3, 0.4) is 0 Å². The van der Waals surface area contributed by atoms with Crippen molar-refractivity contribution < 1.29 is 9.18 Å². The Bertz CT molecular complexity index is 612. The largest absolute Gasteiger partial charge is 0.322 e. The molecule has 2 aromatic rings. The molecule has 0 saturated heterocycles. The van der Waals surface area contributed by atoms with Crippen LogP contribution in [0, 0.1) is 5.82 Å². The van der Waals surface area contributed by atoms with Crippen LogP contribution >= 0.6 is 22.9 Å². The minimum absolute atomic E-state index is 0.0366. The summed E-state index contributed by atoms with van der Waals surface area (Å²) in [6.45, 7) is 1.80. The summed E-state index contributed by atoms with van der Waals surface area (Å²) in [7, 11) is 0. The van der Waals surface area contributed by atoms with E-state index >= 15 is 0 Å². The Morgan fingerprint density at radius 1 is 1.58 bits per heavy atom. The molecule has 1 aromatic carbocycles. The highest BCUT2D eigenvalue weighted by Gasteiger charge is 2.15. The van der Waals surface area contributed by atoms with Crippen LogP contribution in [0.15, 0.2) is 23.6 Å². The van der Waals surface area contributed by atoms with Gasteiger partial charge in [0.1, 0.15) is 16.5 Å². The van der Waals surface area contributed by atoms with Gasteiger partial charge in [0.2, 0.25) is 0 Å². The van der Waals surface area contributed by atoms with E-state index in [4.69, 9.17) is 17.3 Å². The predicted molar refractivity (Wildman–Crippen MR) is 74.2 cm³/mol. The summed E-state index contributed by atoms with van der Waals surface area (Å²) in [6, 6.07) is 4.05. The van der Waals surface area contributed by atoms with Crippen LogP contribution in [-0.2, 0) is 6.42 Å². The number of Topliss-reactive ketones (excluding diaryl/α,β-unsaturated/α-hetero) is 1. The van der Waals surface area contributed by atoms with Gasteiger partial charge in [0.15, 0.2) is 5.78 Å². The maximum absolute atomic E-state index is 13.6. The van der Waals surface area contributed by atoms with Crippen molar-refractivity contribution in [3.8, 4) is 0 Å². The van der Waals surface area contributed by atoms with Crippen LogP contribution in [0.25, 0.3) is 0 Å². The minimum Gasteiger partial charge on any atom is -0.322 e. The van der Waals surface area contributed by atoms with Gasteiger partial charge >= 0.3 is 0 Å². The fraction of sp³-hybridized carbons (Fsp3) is 0.231. The summed E-state index contributed by atoms with van der Waals surface area (Å²) >= 11 is 6.99. The number of ketones is 1. The number of halogens is 2. The molecule has 1 aromatic heterocycles. The van der Waals surface area contributed by atoms with Crippen molar-refractivity contribution in [2.75, 3.05) is 0 Å². The molecule has 0 aliphatic heterocycles. The highest BCUT2D eigenvalue weighted by atomic mass is 35.5. The van der Waals surface area contributed by atoms with Crippen LogP contribution in [-0.4, -0.2) is 10.8 Å². The molecule has 0 bridgehead atoms. The van der Waals surface area contributed by atoms with Gasteiger partial charge in [-0.3, -0.25) is 4.79 Å². The van der Waals surface area contributed by atoms with Crippen molar-refractivity contribution in [3.05, 3.63) is 50.7 Å². The monoisotopic (exact) mass is 298 g/mol. The van der Waals surface area contributed by atoms with Crippen LogP contribution in [0.5, 0.6) is 0 Å². The Hall–Kier alpha value is -1.30. The first-order valence-corrected chi connectivity index (χ1v) is 6.91. The van der Waals surface area contributed by atoms with Crippen LogP contribution in [0.1, 0.15) is 34.0 Å². The van der Waals surface area contributed by atoms with E-state index < -0.39 is 5.82 Å². The number of carbonyl (C=O) groups excluding carboxylic acids is 1. The number of thiazole rings is 1. The lowest BCUT2D eigenvalue weighted by atomic mass is 10.1. The number of nitrogens with zero attached hydrogens (tertiary/aromatic N) is 1. The Morgan fingerprint density at radius 3 is 2.89 bits per heavy atom. The van der Waals surface area contributed by atoms with Crippen molar-refractivity contribution in [2.45, 2.75) is 19.4 Å². The predicted octanol–water partition coefficient (Wildman–Crippen LogP) is 3.38. The Balaban J connectivity index is 2.16. The van der Waals surface area contributed by atoms with E-state index in [0.717, 1.165) is 0 Å². The van der Waals surface area contributed by atoms with Crippen LogP contribution < -0.4 is 5.73 Å². The fourth-order valence-electron chi connectivity index (χ4n) is 1.55. The van der Waals surface area contributed by atoms with E-state index in [-0.39, 0.29) is 18.2 Å².